The summed E-state index contributed by atoms with van der Waals surface area (Å²) >= 11 is 1.90. The quantitative estimate of drug-likeness (QED) is 0.174. The van der Waals surface area contributed by atoms with E-state index in [0.29, 0.717) is 0 Å². The van der Waals surface area contributed by atoms with Crippen LogP contribution in [0, 0.1) is 13.8 Å². The average molecular weight is 863 g/mol. The van der Waals surface area contributed by atoms with Crippen LogP contribution in [0.25, 0.3) is 65.3 Å². The fraction of sp³-hybridized carbons (Fsp3) is 0.0794. The van der Waals surface area contributed by atoms with Crippen molar-refractivity contribution in [2.45, 2.75) is 42.9 Å². The normalized spacial score (nSPS) is 13.8. The number of rotatable bonds is 4. The highest BCUT2D eigenvalue weighted by molar-refractivity contribution is 8.00. The maximum atomic E-state index is 2.56. The van der Waals surface area contributed by atoms with Gasteiger partial charge >= 0.3 is 0 Å². The fourth-order valence-corrected chi connectivity index (χ4v) is 12.6. The molecular formula is C63H46N2S. The zero-order valence-electron chi connectivity index (χ0n) is 37.4. The van der Waals surface area contributed by atoms with Crippen molar-refractivity contribution < 1.29 is 0 Å². The molecule has 0 aliphatic carbocycles. The maximum Gasteiger partial charge on any atom is 0.0608 e. The van der Waals surface area contributed by atoms with E-state index in [1.54, 1.807) is 0 Å². The fourth-order valence-electron chi connectivity index (χ4n) is 11.3. The smallest absolute Gasteiger partial charge is 0.0608 e. The van der Waals surface area contributed by atoms with Crippen molar-refractivity contribution in [2.24, 2.45) is 0 Å². The Morgan fingerprint density at radius 3 is 1.65 bits per heavy atom. The average Bonchev–Trinajstić information content (AvgIpc) is 3.35. The highest BCUT2D eigenvalue weighted by Gasteiger charge is 2.40. The topological polar surface area (TPSA) is 6.48 Å². The Morgan fingerprint density at radius 1 is 0.364 bits per heavy atom. The summed E-state index contributed by atoms with van der Waals surface area (Å²) in [5, 5.41) is 10.0. The van der Waals surface area contributed by atoms with Crippen LogP contribution in [0.1, 0.15) is 36.1 Å². The Labute approximate surface area is 390 Å². The molecule has 0 atom stereocenters. The molecule has 66 heavy (non-hydrogen) atoms. The van der Waals surface area contributed by atoms with Crippen LogP contribution in [-0.4, -0.2) is 0 Å². The molecule has 0 N–H and O–H groups in total. The molecule has 2 heterocycles. The zero-order chi connectivity index (χ0) is 44.3. The number of nitrogens with zero attached hydrogens (tertiary/aromatic N) is 2. The van der Waals surface area contributed by atoms with Crippen molar-refractivity contribution in [3.8, 4) is 22.3 Å². The van der Waals surface area contributed by atoms with E-state index in [1.165, 1.54) is 132 Å². The molecule has 11 aromatic carbocycles. The number of hydrogen-bond acceptors (Lipinski definition) is 3. The summed E-state index contributed by atoms with van der Waals surface area (Å²) in [5.41, 5.74) is 17.1. The van der Waals surface area contributed by atoms with Crippen molar-refractivity contribution in [1.82, 2.24) is 0 Å². The van der Waals surface area contributed by atoms with Gasteiger partial charge in [-0.25, -0.2) is 0 Å². The van der Waals surface area contributed by atoms with Crippen LogP contribution in [0.5, 0.6) is 0 Å². The lowest BCUT2D eigenvalue weighted by atomic mass is 9.70. The molecule has 0 fully saturated rings. The van der Waals surface area contributed by atoms with Crippen molar-refractivity contribution in [3.63, 3.8) is 0 Å². The molecule has 0 bridgehead atoms. The molecule has 0 aromatic heterocycles. The van der Waals surface area contributed by atoms with Crippen molar-refractivity contribution >= 4 is 89.0 Å². The molecule has 0 saturated carbocycles. The minimum absolute atomic E-state index is 0.270. The van der Waals surface area contributed by atoms with Gasteiger partial charge in [-0.3, -0.25) is 0 Å². The lowest BCUT2D eigenvalue weighted by Crippen LogP contribution is -2.31. The SMILES string of the molecule is Cc1cc2c(cc1-c1cc3c(cc1C)C(C)(C)c1c(ccc4ccccc14)N3c1cccc3ccccc13)N(c1ccc(-c3ccccc3)c3ccccc13)c1ccc3ccccc3c1S2. The number of aryl methyl sites for hydroxylation is 2. The van der Waals surface area contributed by atoms with E-state index < -0.39 is 0 Å². The predicted octanol–water partition coefficient (Wildman–Crippen LogP) is 18.3. The molecule has 0 spiro atoms. The van der Waals surface area contributed by atoms with Crippen LogP contribution >= 0.6 is 11.8 Å². The van der Waals surface area contributed by atoms with Gasteiger partial charge in [0.1, 0.15) is 0 Å². The van der Waals surface area contributed by atoms with Gasteiger partial charge in [-0.15, -0.1) is 0 Å². The molecular weight excluding hydrogens is 817 g/mol. The van der Waals surface area contributed by atoms with Crippen molar-refractivity contribution in [3.05, 3.63) is 229 Å². The van der Waals surface area contributed by atoms with Crippen LogP contribution in [0.2, 0.25) is 0 Å². The second kappa shape index (κ2) is 14.7. The first-order valence-electron chi connectivity index (χ1n) is 23.0. The lowest BCUT2D eigenvalue weighted by Gasteiger charge is -2.43. The van der Waals surface area contributed by atoms with E-state index in [-0.39, 0.29) is 5.41 Å². The summed E-state index contributed by atoms with van der Waals surface area (Å²) < 4.78 is 0. The molecule has 2 aliphatic rings. The molecule has 0 amide bonds. The lowest BCUT2D eigenvalue weighted by molar-refractivity contribution is 0.637. The molecule has 13 rings (SSSR count). The van der Waals surface area contributed by atoms with Gasteiger partial charge in [-0.2, -0.15) is 0 Å². The Hall–Kier alpha value is -7.59. The highest BCUT2D eigenvalue weighted by Crippen LogP contribution is 2.59. The first-order chi connectivity index (χ1) is 32.3. The van der Waals surface area contributed by atoms with Gasteiger partial charge in [0.15, 0.2) is 0 Å². The van der Waals surface area contributed by atoms with Crippen LogP contribution < -0.4 is 9.80 Å². The molecule has 2 aliphatic heterocycles. The van der Waals surface area contributed by atoms with Crippen molar-refractivity contribution in [1.29, 1.82) is 0 Å². The van der Waals surface area contributed by atoms with E-state index in [1.807, 2.05) is 11.8 Å². The van der Waals surface area contributed by atoms with Gasteiger partial charge in [0, 0.05) is 26.0 Å². The second-order valence-electron chi connectivity index (χ2n) is 18.6. The maximum absolute atomic E-state index is 2.56. The van der Waals surface area contributed by atoms with Gasteiger partial charge in [0.25, 0.3) is 0 Å². The summed E-state index contributed by atoms with van der Waals surface area (Å²) in [6.45, 7) is 9.46. The van der Waals surface area contributed by atoms with E-state index in [4.69, 9.17) is 0 Å². The molecule has 2 nitrogen and oxygen atoms in total. The van der Waals surface area contributed by atoms with Crippen LogP contribution in [0.3, 0.4) is 0 Å². The van der Waals surface area contributed by atoms with Crippen LogP contribution in [0.4, 0.5) is 34.1 Å². The minimum atomic E-state index is -0.270. The Bertz CT molecular complexity index is 3800. The molecule has 0 radical (unpaired) electrons. The Kier molecular flexibility index (Phi) is 8.66. The summed E-state index contributed by atoms with van der Waals surface area (Å²) in [6.07, 6.45) is 0. The standard InChI is InChI=1S/C63H46N2S/c1-39-35-53-58(64(54-28-16-22-42-19-8-11-23-46(42)54)56-32-29-43-20-9-12-24-47(43)61(56)63(53,3)4)37-51(39)52-38-59-60(36-40(52)2)66-62-48-25-13-10-21-44(48)30-33-57(62)65(59)55-34-31-45(41-17-6-5-7-18-41)49-26-14-15-27-50(49)55/h5-38H,1-4H3. The summed E-state index contributed by atoms with van der Waals surface area (Å²) in [4.78, 5) is 7.65. The first-order valence-corrected chi connectivity index (χ1v) is 23.8. The third-order valence-corrected chi connectivity index (χ3v) is 15.6. The summed E-state index contributed by atoms with van der Waals surface area (Å²) in [6, 6.07) is 76.9. The predicted molar refractivity (Wildman–Crippen MR) is 282 cm³/mol. The zero-order valence-corrected chi connectivity index (χ0v) is 38.2. The van der Waals surface area contributed by atoms with Crippen LogP contribution in [-0.2, 0) is 5.41 Å². The third kappa shape index (κ3) is 5.76. The third-order valence-electron chi connectivity index (χ3n) is 14.4. The molecule has 0 saturated heterocycles. The first kappa shape index (κ1) is 38.8. The number of benzene rings is 11. The van der Waals surface area contributed by atoms with Gasteiger partial charge in [-0.05, 0) is 133 Å². The number of fused-ring (bicyclic) bond motifs is 10. The van der Waals surface area contributed by atoms with Crippen LogP contribution in [0.15, 0.2) is 216 Å². The minimum Gasteiger partial charge on any atom is -0.309 e. The summed E-state index contributed by atoms with van der Waals surface area (Å²) in [7, 11) is 0. The van der Waals surface area contributed by atoms with E-state index in [2.05, 4.69) is 244 Å². The second-order valence-corrected chi connectivity index (χ2v) is 19.6. The monoisotopic (exact) mass is 862 g/mol. The van der Waals surface area contributed by atoms with Gasteiger partial charge in [0.05, 0.1) is 34.1 Å². The van der Waals surface area contributed by atoms with E-state index in [0.717, 1.165) is 0 Å². The molecule has 314 valence electrons. The Morgan fingerprint density at radius 2 is 0.894 bits per heavy atom. The highest BCUT2D eigenvalue weighted by atomic mass is 32.2. The number of hydrogen-bond donors (Lipinski definition) is 0. The van der Waals surface area contributed by atoms with Crippen molar-refractivity contribution in [2.75, 3.05) is 9.80 Å². The van der Waals surface area contributed by atoms with E-state index >= 15 is 0 Å². The number of anilines is 6. The van der Waals surface area contributed by atoms with Gasteiger partial charge in [-0.1, -0.05) is 189 Å². The van der Waals surface area contributed by atoms with Gasteiger partial charge in [0.2, 0.25) is 0 Å². The molecule has 3 heteroatoms. The summed E-state index contributed by atoms with van der Waals surface area (Å²) in [5.74, 6) is 0. The molecule has 0 unspecified atom stereocenters. The Balaban J connectivity index is 1.06. The van der Waals surface area contributed by atoms with Gasteiger partial charge < -0.3 is 9.80 Å². The largest absolute Gasteiger partial charge is 0.309 e. The molecule has 11 aromatic rings. The van der Waals surface area contributed by atoms with E-state index in [9.17, 15) is 0 Å².